The van der Waals surface area contributed by atoms with E-state index in [1.807, 2.05) is 41.3 Å². The maximum atomic E-state index is 11.6. The van der Waals surface area contributed by atoms with Crippen molar-refractivity contribution >= 4 is 17.5 Å². The quantitative estimate of drug-likeness (QED) is 0.839. The van der Waals surface area contributed by atoms with Gasteiger partial charge in [0.15, 0.2) is 5.82 Å². The van der Waals surface area contributed by atoms with Crippen LogP contribution in [0.4, 0.5) is 11.6 Å². The van der Waals surface area contributed by atoms with Gasteiger partial charge >= 0.3 is 0 Å². The molecule has 1 amide bonds. The molecule has 3 rings (SSSR count). The van der Waals surface area contributed by atoms with Crippen molar-refractivity contribution in [1.82, 2.24) is 19.8 Å². The number of aromatic nitrogens is 2. The summed E-state index contributed by atoms with van der Waals surface area (Å²) in [7, 11) is 4.11. The third-order valence-electron chi connectivity index (χ3n) is 4.66. The van der Waals surface area contributed by atoms with Crippen LogP contribution in [0.2, 0.25) is 0 Å². The molecule has 27 heavy (non-hydrogen) atoms. The molecule has 1 fully saturated rings. The lowest BCUT2D eigenvalue weighted by Crippen LogP contribution is -2.48. The average molecular weight is 368 g/mol. The minimum absolute atomic E-state index is 0.133. The summed E-state index contributed by atoms with van der Waals surface area (Å²) in [5, 5.41) is 3.41. The van der Waals surface area contributed by atoms with Gasteiger partial charge < -0.3 is 20.0 Å². The molecule has 2 heterocycles. The van der Waals surface area contributed by atoms with Gasteiger partial charge in [0, 0.05) is 57.8 Å². The van der Waals surface area contributed by atoms with E-state index in [0.29, 0.717) is 0 Å². The molecule has 1 aromatic heterocycles. The Labute approximate surface area is 161 Å². The molecule has 1 N–H and O–H groups in total. The van der Waals surface area contributed by atoms with Crippen molar-refractivity contribution < 1.29 is 4.79 Å². The molecule has 2 aromatic rings. The predicted octanol–water partition coefficient (Wildman–Crippen LogP) is 1.79. The van der Waals surface area contributed by atoms with Crippen LogP contribution in [0.1, 0.15) is 6.92 Å². The standard InChI is InChI=1S/C20H28N6O/c1-16(27)25-11-13-26(14-12-25)19-15-18(21-9-10-24(2)3)22-20(23-19)17-7-5-4-6-8-17/h4-8,15H,9-14H2,1-3H3,(H,21,22,23). The lowest BCUT2D eigenvalue weighted by molar-refractivity contribution is -0.129. The van der Waals surface area contributed by atoms with Crippen LogP contribution >= 0.6 is 0 Å². The smallest absolute Gasteiger partial charge is 0.219 e. The second-order valence-corrected chi connectivity index (χ2v) is 7.02. The zero-order valence-corrected chi connectivity index (χ0v) is 16.4. The molecule has 0 saturated carbocycles. The molecule has 0 bridgehead atoms. The molecule has 1 aromatic carbocycles. The van der Waals surface area contributed by atoms with E-state index in [1.54, 1.807) is 6.92 Å². The summed E-state index contributed by atoms with van der Waals surface area (Å²) in [6.45, 7) is 6.38. The van der Waals surface area contributed by atoms with Crippen LogP contribution in [0, 0.1) is 0 Å². The molecule has 7 nitrogen and oxygen atoms in total. The van der Waals surface area contributed by atoms with Crippen molar-refractivity contribution in [2.24, 2.45) is 0 Å². The number of likely N-dealkylation sites (N-methyl/N-ethyl adjacent to an activating group) is 1. The topological polar surface area (TPSA) is 64.6 Å². The summed E-state index contributed by atoms with van der Waals surface area (Å²) in [4.78, 5) is 27.3. The number of hydrogen-bond acceptors (Lipinski definition) is 6. The summed E-state index contributed by atoms with van der Waals surface area (Å²) in [6.07, 6.45) is 0. The van der Waals surface area contributed by atoms with E-state index in [9.17, 15) is 4.79 Å². The van der Waals surface area contributed by atoms with E-state index < -0.39 is 0 Å². The van der Waals surface area contributed by atoms with Crippen LogP contribution in [-0.2, 0) is 4.79 Å². The molecule has 0 radical (unpaired) electrons. The monoisotopic (exact) mass is 368 g/mol. The number of nitrogens with zero attached hydrogens (tertiary/aromatic N) is 5. The number of piperazine rings is 1. The van der Waals surface area contributed by atoms with Crippen molar-refractivity contribution in [2.45, 2.75) is 6.92 Å². The van der Waals surface area contributed by atoms with Gasteiger partial charge in [-0.05, 0) is 14.1 Å². The largest absolute Gasteiger partial charge is 0.369 e. The first-order chi connectivity index (χ1) is 13.0. The van der Waals surface area contributed by atoms with Crippen molar-refractivity contribution in [1.29, 1.82) is 0 Å². The Morgan fingerprint density at radius 3 is 2.44 bits per heavy atom. The van der Waals surface area contributed by atoms with Gasteiger partial charge in [0.1, 0.15) is 11.6 Å². The van der Waals surface area contributed by atoms with Gasteiger partial charge in [-0.1, -0.05) is 30.3 Å². The lowest BCUT2D eigenvalue weighted by Gasteiger charge is -2.35. The Hall–Kier alpha value is -2.67. The molecule has 7 heteroatoms. The summed E-state index contributed by atoms with van der Waals surface area (Å²) in [5.74, 6) is 2.58. The van der Waals surface area contributed by atoms with E-state index in [1.165, 1.54) is 0 Å². The van der Waals surface area contributed by atoms with Gasteiger partial charge in [-0.25, -0.2) is 9.97 Å². The molecule has 0 spiro atoms. The van der Waals surface area contributed by atoms with Gasteiger partial charge in [0.25, 0.3) is 0 Å². The Kier molecular flexibility index (Phi) is 6.24. The Morgan fingerprint density at radius 2 is 1.81 bits per heavy atom. The molecule has 0 atom stereocenters. The van der Waals surface area contributed by atoms with Gasteiger partial charge in [0.2, 0.25) is 5.91 Å². The number of anilines is 2. The van der Waals surface area contributed by atoms with Crippen LogP contribution in [0.3, 0.4) is 0 Å². The Morgan fingerprint density at radius 1 is 1.11 bits per heavy atom. The SMILES string of the molecule is CC(=O)N1CCN(c2cc(NCCN(C)C)nc(-c3ccccc3)n2)CC1. The van der Waals surface area contributed by atoms with Gasteiger partial charge in [0.05, 0.1) is 0 Å². The van der Waals surface area contributed by atoms with Gasteiger partial charge in [-0.15, -0.1) is 0 Å². The second-order valence-electron chi connectivity index (χ2n) is 7.02. The van der Waals surface area contributed by atoms with Crippen LogP contribution in [0.25, 0.3) is 11.4 Å². The average Bonchev–Trinajstić information content (AvgIpc) is 2.68. The third kappa shape index (κ3) is 5.17. The van der Waals surface area contributed by atoms with Crippen LogP contribution < -0.4 is 10.2 Å². The molecule has 0 aliphatic carbocycles. The number of benzene rings is 1. The third-order valence-corrected chi connectivity index (χ3v) is 4.66. The predicted molar refractivity (Wildman–Crippen MR) is 109 cm³/mol. The van der Waals surface area contributed by atoms with Crippen molar-refractivity contribution in [3.05, 3.63) is 36.4 Å². The summed E-state index contributed by atoms with van der Waals surface area (Å²) in [5.41, 5.74) is 0.998. The zero-order chi connectivity index (χ0) is 19.2. The van der Waals surface area contributed by atoms with Crippen LogP contribution in [-0.4, -0.2) is 79.0 Å². The minimum atomic E-state index is 0.133. The number of carbonyl (C=O) groups excluding carboxylic acids is 1. The normalized spacial score (nSPS) is 14.5. The first kappa shape index (κ1) is 19.1. The number of hydrogen-bond donors (Lipinski definition) is 1. The Balaban J connectivity index is 1.82. The highest BCUT2D eigenvalue weighted by Gasteiger charge is 2.21. The van der Waals surface area contributed by atoms with Crippen molar-refractivity contribution in [3.8, 4) is 11.4 Å². The first-order valence-corrected chi connectivity index (χ1v) is 9.36. The molecule has 1 saturated heterocycles. The maximum absolute atomic E-state index is 11.6. The van der Waals surface area contributed by atoms with E-state index in [-0.39, 0.29) is 5.91 Å². The van der Waals surface area contributed by atoms with E-state index in [2.05, 4.69) is 29.2 Å². The molecule has 144 valence electrons. The number of carbonyl (C=O) groups is 1. The fourth-order valence-electron chi connectivity index (χ4n) is 3.06. The molecule has 1 aliphatic rings. The zero-order valence-electron chi connectivity index (χ0n) is 16.4. The number of rotatable bonds is 6. The number of amides is 1. The van der Waals surface area contributed by atoms with E-state index in [4.69, 9.17) is 9.97 Å². The maximum Gasteiger partial charge on any atom is 0.219 e. The van der Waals surface area contributed by atoms with E-state index in [0.717, 1.165) is 62.3 Å². The highest BCUT2D eigenvalue weighted by Crippen LogP contribution is 2.23. The lowest BCUT2D eigenvalue weighted by atomic mass is 10.2. The summed E-state index contributed by atoms with van der Waals surface area (Å²) in [6, 6.07) is 12.0. The van der Waals surface area contributed by atoms with Crippen molar-refractivity contribution in [3.63, 3.8) is 0 Å². The van der Waals surface area contributed by atoms with Crippen LogP contribution in [0.5, 0.6) is 0 Å². The molecule has 1 aliphatic heterocycles. The van der Waals surface area contributed by atoms with Crippen molar-refractivity contribution in [2.75, 3.05) is 63.6 Å². The summed E-state index contributed by atoms with van der Waals surface area (Å²) < 4.78 is 0. The highest BCUT2D eigenvalue weighted by atomic mass is 16.2. The fraction of sp³-hybridized carbons (Fsp3) is 0.450. The summed E-state index contributed by atoms with van der Waals surface area (Å²) >= 11 is 0. The van der Waals surface area contributed by atoms with E-state index >= 15 is 0 Å². The molecular weight excluding hydrogens is 340 g/mol. The second kappa shape index (κ2) is 8.81. The molecule has 0 unspecified atom stereocenters. The minimum Gasteiger partial charge on any atom is -0.369 e. The Bertz CT molecular complexity index is 756. The first-order valence-electron chi connectivity index (χ1n) is 9.36. The van der Waals surface area contributed by atoms with Gasteiger partial charge in [-0.3, -0.25) is 4.79 Å². The number of nitrogens with one attached hydrogen (secondary N) is 1. The highest BCUT2D eigenvalue weighted by molar-refractivity contribution is 5.73. The fourth-order valence-corrected chi connectivity index (χ4v) is 3.06. The van der Waals surface area contributed by atoms with Gasteiger partial charge in [-0.2, -0.15) is 0 Å². The van der Waals surface area contributed by atoms with Crippen LogP contribution in [0.15, 0.2) is 36.4 Å². The molecular formula is C20H28N6O.